The molecule has 74 valence electrons. The smallest absolute Gasteiger partial charge is 0.206 e. The van der Waals surface area contributed by atoms with E-state index in [1.54, 1.807) is 23.1 Å². The minimum Gasteiger partial charge on any atom is -0.360 e. The number of hydrogen-bond acceptors (Lipinski definition) is 5. The standard InChI is InChI=1S/C8H15N3S2/c1-3-5-6-12-8-11-10-7(13-8)9-4-2/h3-6H2,1-2H3,(H,9,10). The lowest BCUT2D eigenvalue weighted by Gasteiger charge is -1.93. The Morgan fingerprint density at radius 1 is 1.38 bits per heavy atom. The molecule has 5 heteroatoms. The summed E-state index contributed by atoms with van der Waals surface area (Å²) >= 11 is 3.43. The van der Waals surface area contributed by atoms with Crippen molar-refractivity contribution in [1.29, 1.82) is 0 Å². The van der Waals surface area contributed by atoms with Crippen LogP contribution in [-0.2, 0) is 0 Å². The lowest BCUT2D eigenvalue weighted by molar-refractivity contribution is 0.894. The molecule has 0 aromatic carbocycles. The van der Waals surface area contributed by atoms with Crippen molar-refractivity contribution in [3.05, 3.63) is 0 Å². The highest BCUT2D eigenvalue weighted by molar-refractivity contribution is 8.01. The van der Waals surface area contributed by atoms with Gasteiger partial charge in [-0.2, -0.15) is 0 Å². The molecule has 0 aliphatic carbocycles. The molecule has 0 unspecified atom stereocenters. The fraction of sp³-hybridized carbons (Fsp3) is 0.750. The molecule has 0 amide bonds. The van der Waals surface area contributed by atoms with Gasteiger partial charge in [0.1, 0.15) is 0 Å². The summed E-state index contributed by atoms with van der Waals surface area (Å²) in [6, 6.07) is 0. The third kappa shape index (κ3) is 3.95. The molecular formula is C8H15N3S2. The van der Waals surface area contributed by atoms with Crippen LogP contribution in [0.1, 0.15) is 26.7 Å². The topological polar surface area (TPSA) is 37.8 Å². The van der Waals surface area contributed by atoms with Gasteiger partial charge < -0.3 is 5.32 Å². The van der Waals surface area contributed by atoms with Crippen LogP contribution < -0.4 is 5.32 Å². The number of nitrogens with one attached hydrogen (secondary N) is 1. The average Bonchev–Trinajstić information content (AvgIpc) is 2.54. The maximum absolute atomic E-state index is 4.08. The summed E-state index contributed by atoms with van der Waals surface area (Å²) in [5.41, 5.74) is 0. The van der Waals surface area contributed by atoms with E-state index in [0.717, 1.165) is 21.8 Å². The number of aromatic nitrogens is 2. The Morgan fingerprint density at radius 2 is 2.23 bits per heavy atom. The molecule has 0 fully saturated rings. The van der Waals surface area contributed by atoms with Crippen LogP contribution in [0.4, 0.5) is 5.13 Å². The molecule has 0 bridgehead atoms. The number of nitrogens with zero attached hydrogens (tertiary/aromatic N) is 2. The maximum Gasteiger partial charge on any atom is 0.206 e. The van der Waals surface area contributed by atoms with Gasteiger partial charge in [0, 0.05) is 12.3 Å². The SMILES string of the molecule is CCCCSc1nnc(NCC)s1. The van der Waals surface area contributed by atoms with E-state index < -0.39 is 0 Å². The van der Waals surface area contributed by atoms with Crippen LogP contribution in [0.3, 0.4) is 0 Å². The van der Waals surface area contributed by atoms with Crippen LogP contribution >= 0.6 is 23.1 Å². The average molecular weight is 217 g/mol. The zero-order valence-electron chi connectivity index (χ0n) is 8.04. The molecule has 1 aromatic rings. The molecule has 1 N–H and O–H groups in total. The quantitative estimate of drug-likeness (QED) is 0.587. The molecule has 1 aromatic heterocycles. The van der Waals surface area contributed by atoms with E-state index in [2.05, 4.69) is 29.4 Å². The van der Waals surface area contributed by atoms with Gasteiger partial charge in [-0.15, -0.1) is 10.2 Å². The van der Waals surface area contributed by atoms with Crippen molar-refractivity contribution >= 4 is 28.2 Å². The van der Waals surface area contributed by atoms with Gasteiger partial charge in [-0.1, -0.05) is 36.4 Å². The third-order valence-electron chi connectivity index (χ3n) is 1.46. The Balaban J connectivity index is 2.31. The maximum atomic E-state index is 4.08. The Bertz CT molecular complexity index is 237. The van der Waals surface area contributed by atoms with E-state index in [1.807, 2.05) is 0 Å². The van der Waals surface area contributed by atoms with Crippen molar-refractivity contribution in [3.8, 4) is 0 Å². The van der Waals surface area contributed by atoms with Crippen LogP contribution in [0.25, 0.3) is 0 Å². The lowest BCUT2D eigenvalue weighted by atomic mass is 10.4. The molecule has 3 nitrogen and oxygen atoms in total. The Hall–Kier alpha value is -0.290. The predicted octanol–water partition coefficient (Wildman–Crippen LogP) is 2.86. The van der Waals surface area contributed by atoms with Crippen LogP contribution in [-0.4, -0.2) is 22.5 Å². The molecule has 1 heterocycles. The van der Waals surface area contributed by atoms with Crippen molar-refractivity contribution in [2.75, 3.05) is 17.6 Å². The normalized spacial score (nSPS) is 10.3. The fourth-order valence-electron chi connectivity index (χ4n) is 0.795. The minimum atomic E-state index is 0.911. The Morgan fingerprint density at radius 3 is 2.92 bits per heavy atom. The van der Waals surface area contributed by atoms with E-state index in [-0.39, 0.29) is 0 Å². The van der Waals surface area contributed by atoms with Gasteiger partial charge in [-0.3, -0.25) is 0 Å². The summed E-state index contributed by atoms with van der Waals surface area (Å²) in [6.07, 6.45) is 2.49. The first-order chi connectivity index (χ1) is 6.36. The van der Waals surface area contributed by atoms with Crippen LogP contribution in [0.2, 0.25) is 0 Å². The molecule has 0 radical (unpaired) electrons. The van der Waals surface area contributed by atoms with Crippen molar-refractivity contribution in [1.82, 2.24) is 10.2 Å². The van der Waals surface area contributed by atoms with Crippen molar-refractivity contribution in [2.24, 2.45) is 0 Å². The van der Waals surface area contributed by atoms with Crippen molar-refractivity contribution in [2.45, 2.75) is 31.0 Å². The summed E-state index contributed by atoms with van der Waals surface area (Å²) in [7, 11) is 0. The first-order valence-electron chi connectivity index (χ1n) is 4.57. The monoisotopic (exact) mass is 217 g/mol. The van der Waals surface area contributed by atoms with Gasteiger partial charge in [0.05, 0.1) is 0 Å². The fourth-order valence-corrected chi connectivity index (χ4v) is 2.77. The largest absolute Gasteiger partial charge is 0.360 e. The van der Waals surface area contributed by atoms with E-state index in [0.29, 0.717) is 0 Å². The molecule has 1 rings (SSSR count). The molecule has 0 aliphatic rings. The second-order valence-electron chi connectivity index (χ2n) is 2.61. The Kier molecular flexibility index (Phi) is 5.15. The zero-order valence-corrected chi connectivity index (χ0v) is 9.67. The lowest BCUT2D eigenvalue weighted by Crippen LogP contribution is -1.94. The second-order valence-corrected chi connectivity index (χ2v) is 4.93. The first-order valence-corrected chi connectivity index (χ1v) is 6.37. The number of unbranched alkanes of at least 4 members (excludes halogenated alkanes) is 1. The molecule has 0 saturated carbocycles. The summed E-state index contributed by atoms with van der Waals surface area (Å²) in [5, 5.41) is 12.2. The number of thioether (sulfide) groups is 1. The highest BCUT2D eigenvalue weighted by Gasteiger charge is 2.02. The third-order valence-corrected chi connectivity index (χ3v) is 3.56. The Labute approximate surface area is 87.3 Å². The summed E-state index contributed by atoms with van der Waals surface area (Å²) in [6.45, 7) is 5.17. The van der Waals surface area contributed by atoms with Gasteiger partial charge in [0.25, 0.3) is 0 Å². The van der Waals surface area contributed by atoms with E-state index in [1.165, 1.54) is 12.8 Å². The van der Waals surface area contributed by atoms with E-state index in [9.17, 15) is 0 Å². The van der Waals surface area contributed by atoms with Gasteiger partial charge in [0.15, 0.2) is 4.34 Å². The van der Waals surface area contributed by atoms with Crippen LogP contribution in [0, 0.1) is 0 Å². The van der Waals surface area contributed by atoms with Gasteiger partial charge in [-0.25, -0.2) is 0 Å². The van der Waals surface area contributed by atoms with Crippen molar-refractivity contribution in [3.63, 3.8) is 0 Å². The molecular weight excluding hydrogens is 202 g/mol. The first kappa shape index (κ1) is 10.8. The predicted molar refractivity (Wildman–Crippen MR) is 59.7 cm³/mol. The van der Waals surface area contributed by atoms with Gasteiger partial charge >= 0.3 is 0 Å². The molecule has 0 saturated heterocycles. The molecule has 0 aliphatic heterocycles. The summed E-state index contributed by atoms with van der Waals surface area (Å²) in [4.78, 5) is 0. The van der Waals surface area contributed by atoms with E-state index in [4.69, 9.17) is 0 Å². The van der Waals surface area contributed by atoms with Crippen molar-refractivity contribution < 1.29 is 0 Å². The van der Waals surface area contributed by atoms with Gasteiger partial charge in [0.2, 0.25) is 5.13 Å². The van der Waals surface area contributed by atoms with E-state index >= 15 is 0 Å². The number of rotatable bonds is 6. The number of anilines is 1. The highest BCUT2D eigenvalue weighted by Crippen LogP contribution is 2.25. The summed E-state index contributed by atoms with van der Waals surface area (Å²) in [5.74, 6) is 1.15. The molecule has 0 spiro atoms. The molecule has 0 atom stereocenters. The zero-order chi connectivity index (χ0) is 9.52. The molecule has 13 heavy (non-hydrogen) atoms. The van der Waals surface area contributed by atoms with Gasteiger partial charge in [-0.05, 0) is 13.3 Å². The number of hydrogen-bond donors (Lipinski definition) is 1. The second kappa shape index (κ2) is 6.21. The van der Waals surface area contributed by atoms with Crippen LogP contribution in [0.5, 0.6) is 0 Å². The summed E-state index contributed by atoms with van der Waals surface area (Å²) < 4.78 is 1.07. The highest BCUT2D eigenvalue weighted by atomic mass is 32.2. The van der Waals surface area contributed by atoms with Crippen LogP contribution in [0.15, 0.2) is 4.34 Å². The minimum absolute atomic E-state index is 0.911.